The summed E-state index contributed by atoms with van der Waals surface area (Å²) in [7, 11) is 0. The molecule has 0 bridgehead atoms. The lowest BCUT2D eigenvalue weighted by Crippen LogP contribution is -2.07. The van der Waals surface area contributed by atoms with Crippen molar-refractivity contribution in [1.29, 1.82) is 0 Å². The van der Waals surface area contributed by atoms with Gasteiger partial charge in [-0.05, 0) is 18.5 Å². The van der Waals surface area contributed by atoms with Crippen LogP contribution in [0.1, 0.15) is 6.92 Å². The van der Waals surface area contributed by atoms with E-state index in [9.17, 15) is 0 Å². The van der Waals surface area contributed by atoms with Crippen molar-refractivity contribution in [2.75, 3.05) is 13.2 Å². The summed E-state index contributed by atoms with van der Waals surface area (Å²) >= 11 is 6.01. The number of aromatic nitrogens is 3. The molecule has 5 heteroatoms. The summed E-state index contributed by atoms with van der Waals surface area (Å²) in [6, 6.07) is 9.86. The van der Waals surface area contributed by atoms with Gasteiger partial charge < -0.3 is 4.74 Å². The van der Waals surface area contributed by atoms with Gasteiger partial charge in [0, 0.05) is 12.2 Å². The van der Waals surface area contributed by atoms with Gasteiger partial charge in [-0.3, -0.25) is 4.57 Å². The summed E-state index contributed by atoms with van der Waals surface area (Å²) in [5.41, 5.74) is 1.00. The largest absolute Gasteiger partial charge is 0.380 e. The molecule has 0 saturated carbocycles. The summed E-state index contributed by atoms with van der Waals surface area (Å²) in [5, 5.41) is 8.38. The van der Waals surface area contributed by atoms with Crippen molar-refractivity contribution in [1.82, 2.24) is 14.8 Å². The smallest absolute Gasteiger partial charge is 0.225 e. The number of nitrogens with zero attached hydrogens (tertiary/aromatic N) is 3. The molecule has 0 aliphatic heterocycles. The van der Waals surface area contributed by atoms with E-state index in [1.54, 1.807) is 0 Å². The third-order valence-electron chi connectivity index (χ3n) is 2.40. The Kier molecular flexibility index (Phi) is 4.12. The zero-order valence-corrected chi connectivity index (χ0v) is 10.4. The van der Waals surface area contributed by atoms with E-state index in [-0.39, 0.29) is 0 Å². The summed E-state index contributed by atoms with van der Waals surface area (Å²) in [6.45, 7) is 3.92. The molecule has 0 amide bonds. The highest BCUT2D eigenvalue weighted by atomic mass is 35.5. The van der Waals surface area contributed by atoms with Gasteiger partial charge in [0.25, 0.3) is 0 Å². The molecule has 2 aromatic rings. The van der Waals surface area contributed by atoms with Crippen molar-refractivity contribution in [2.45, 2.75) is 13.5 Å². The highest BCUT2D eigenvalue weighted by Crippen LogP contribution is 2.19. The van der Waals surface area contributed by atoms with Crippen molar-refractivity contribution in [3.05, 3.63) is 35.6 Å². The van der Waals surface area contributed by atoms with Gasteiger partial charge in [-0.1, -0.05) is 30.3 Å². The first-order valence-electron chi connectivity index (χ1n) is 5.54. The minimum absolute atomic E-state index is 0.392. The average molecular weight is 252 g/mol. The SMILES string of the molecule is CCOCCn1c(Cl)nnc1-c1ccccc1. The Labute approximate surface area is 105 Å². The predicted octanol–water partition coefficient (Wildman–Crippen LogP) is 2.64. The van der Waals surface area contributed by atoms with Gasteiger partial charge >= 0.3 is 0 Å². The van der Waals surface area contributed by atoms with Crippen LogP contribution in [0, 0.1) is 0 Å². The number of halogens is 1. The van der Waals surface area contributed by atoms with E-state index in [0.29, 0.717) is 25.0 Å². The summed E-state index contributed by atoms with van der Waals surface area (Å²) in [4.78, 5) is 0. The van der Waals surface area contributed by atoms with Crippen LogP contribution in [0.15, 0.2) is 30.3 Å². The molecule has 0 unspecified atom stereocenters. The van der Waals surface area contributed by atoms with E-state index in [2.05, 4.69) is 10.2 Å². The van der Waals surface area contributed by atoms with Gasteiger partial charge in [0.15, 0.2) is 5.82 Å². The van der Waals surface area contributed by atoms with Gasteiger partial charge in [-0.15, -0.1) is 10.2 Å². The number of ether oxygens (including phenoxy) is 1. The quantitative estimate of drug-likeness (QED) is 0.767. The average Bonchev–Trinajstić information content (AvgIpc) is 2.73. The van der Waals surface area contributed by atoms with Crippen molar-refractivity contribution >= 4 is 11.6 Å². The second-order valence-electron chi connectivity index (χ2n) is 3.51. The van der Waals surface area contributed by atoms with E-state index >= 15 is 0 Å². The number of benzene rings is 1. The summed E-state index contributed by atoms with van der Waals surface area (Å²) in [6.07, 6.45) is 0. The number of hydrogen-bond acceptors (Lipinski definition) is 3. The van der Waals surface area contributed by atoms with Crippen LogP contribution < -0.4 is 0 Å². The lowest BCUT2D eigenvalue weighted by Gasteiger charge is -2.07. The fraction of sp³-hybridized carbons (Fsp3) is 0.333. The third kappa shape index (κ3) is 2.84. The van der Waals surface area contributed by atoms with Crippen LogP contribution in [0.2, 0.25) is 5.28 Å². The molecule has 0 fully saturated rings. The Balaban J connectivity index is 2.23. The number of hydrogen-bond donors (Lipinski definition) is 0. The standard InChI is InChI=1S/C12H14ClN3O/c1-2-17-9-8-16-11(14-15-12(16)13)10-6-4-3-5-7-10/h3-7H,2,8-9H2,1H3. The molecule has 0 aliphatic carbocycles. The molecule has 4 nitrogen and oxygen atoms in total. The van der Waals surface area contributed by atoms with Crippen LogP contribution in [0.3, 0.4) is 0 Å². The van der Waals surface area contributed by atoms with E-state index in [4.69, 9.17) is 16.3 Å². The fourth-order valence-electron chi connectivity index (χ4n) is 1.58. The first kappa shape index (κ1) is 12.1. The molecule has 0 spiro atoms. The molecule has 17 heavy (non-hydrogen) atoms. The van der Waals surface area contributed by atoms with Gasteiger partial charge in [-0.2, -0.15) is 0 Å². The normalized spacial score (nSPS) is 10.7. The second-order valence-corrected chi connectivity index (χ2v) is 3.85. The van der Waals surface area contributed by atoms with E-state index in [1.807, 2.05) is 41.8 Å². The van der Waals surface area contributed by atoms with Gasteiger partial charge in [0.05, 0.1) is 13.2 Å². The maximum absolute atomic E-state index is 6.01. The molecule has 0 atom stereocenters. The maximum atomic E-state index is 6.01. The van der Waals surface area contributed by atoms with E-state index in [0.717, 1.165) is 11.4 Å². The topological polar surface area (TPSA) is 39.9 Å². The van der Waals surface area contributed by atoms with Gasteiger partial charge in [0.1, 0.15) is 0 Å². The maximum Gasteiger partial charge on any atom is 0.225 e. The highest BCUT2D eigenvalue weighted by Gasteiger charge is 2.11. The molecule has 0 N–H and O–H groups in total. The molecule has 1 aromatic heterocycles. The Morgan fingerprint density at radius 3 is 2.71 bits per heavy atom. The fourth-order valence-corrected chi connectivity index (χ4v) is 1.79. The monoisotopic (exact) mass is 251 g/mol. The summed E-state index contributed by atoms with van der Waals surface area (Å²) in [5.74, 6) is 0.773. The summed E-state index contributed by atoms with van der Waals surface area (Å²) < 4.78 is 7.17. The molecule has 1 aromatic carbocycles. The van der Waals surface area contributed by atoms with E-state index < -0.39 is 0 Å². The predicted molar refractivity (Wildman–Crippen MR) is 67.0 cm³/mol. The Bertz CT molecular complexity index is 470. The molecular weight excluding hydrogens is 238 g/mol. The third-order valence-corrected chi connectivity index (χ3v) is 2.68. The minimum atomic E-state index is 0.392. The van der Waals surface area contributed by atoms with Crippen molar-refractivity contribution in [3.63, 3.8) is 0 Å². The van der Waals surface area contributed by atoms with Crippen LogP contribution in [0.25, 0.3) is 11.4 Å². The van der Waals surface area contributed by atoms with Crippen molar-refractivity contribution in [3.8, 4) is 11.4 Å². The molecule has 90 valence electrons. The molecule has 0 aliphatic rings. The second kappa shape index (κ2) is 5.80. The lowest BCUT2D eigenvalue weighted by molar-refractivity contribution is 0.139. The van der Waals surface area contributed by atoms with Crippen LogP contribution in [-0.4, -0.2) is 28.0 Å². The Morgan fingerprint density at radius 2 is 2.00 bits per heavy atom. The molecule has 0 saturated heterocycles. The zero-order valence-electron chi connectivity index (χ0n) is 9.64. The molecule has 2 rings (SSSR count). The Hall–Kier alpha value is -1.39. The van der Waals surface area contributed by atoms with Gasteiger partial charge in [0.2, 0.25) is 5.28 Å². The molecule has 0 radical (unpaired) electrons. The lowest BCUT2D eigenvalue weighted by atomic mass is 10.2. The van der Waals surface area contributed by atoms with Crippen molar-refractivity contribution in [2.24, 2.45) is 0 Å². The zero-order chi connectivity index (χ0) is 12.1. The minimum Gasteiger partial charge on any atom is -0.380 e. The number of rotatable bonds is 5. The van der Waals surface area contributed by atoms with E-state index in [1.165, 1.54) is 0 Å². The van der Waals surface area contributed by atoms with Crippen LogP contribution in [-0.2, 0) is 11.3 Å². The van der Waals surface area contributed by atoms with Crippen LogP contribution in [0.5, 0.6) is 0 Å². The highest BCUT2D eigenvalue weighted by molar-refractivity contribution is 6.28. The Morgan fingerprint density at radius 1 is 1.24 bits per heavy atom. The molecular formula is C12H14ClN3O. The first-order chi connectivity index (χ1) is 8.33. The molecule has 1 heterocycles. The van der Waals surface area contributed by atoms with Crippen LogP contribution >= 0.6 is 11.6 Å². The van der Waals surface area contributed by atoms with Crippen LogP contribution in [0.4, 0.5) is 0 Å². The van der Waals surface area contributed by atoms with Crippen molar-refractivity contribution < 1.29 is 4.74 Å². The van der Waals surface area contributed by atoms with Gasteiger partial charge in [-0.25, -0.2) is 0 Å². The first-order valence-corrected chi connectivity index (χ1v) is 5.92.